The van der Waals surface area contributed by atoms with Crippen LogP contribution in [0.2, 0.25) is 3.43 Å². The van der Waals surface area contributed by atoms with Crippen molar-refractivity contribution in [1.29, 1.82) is 0 Å². The van der Waals surface area contributed by atoms with Crippen LogP contribution in [0.25, 0.3) is 0 Å². The zero-order valence-corrected chi connectivity index (χ0v) is 19.8. The van der Waals surface area contributed by atoms with Crippen molar-refractivity contribution in [3.63, 3.8) is 0 Å². The van der Waals surface area contributed by atoms with Gasteiger partial charge < -0.3 is 0 Å². The van der Waals surface area contributed by atoms with Gasteiger partial charge in [0, 0.05) is 0 Å². The van der Waals surface area contributed by atoms with E-state index < -0.39 is 25.0 Å². The average Bonchev–Trinajstić information content (AvgIpc) is 2.60. The first-order valence-corrected chi connectivity index (χ1v) is 14.0. The topological polar surface area (TPSA) is 52.6 Å². The Kier molecular flexibility index (Phi) is 4.40. The summed E-state index contributed by atoms with van der Waals surface area (Å²) in [4.78, 5) is 23.2. The van der Waals surface area contributed by atoms with E-state index in [9.17, 15) is 9.59 Å². The maximum absolute atomic E-state index is 11.8. The summed E-state index contributed by atoms with van der Waals surface area (Å²) >= 11 is -2.08. The summed E-state index contributed by atoms with van der Waals surface area (Å²) in [6.07, 6.45) is -0.228. The number of hydrogen-bond acceptors (Lipinski definition) is 4. The molecular weight excluding hydrogens is 505 g/mol. The van der Waals surface area contributed by atoms with Crippen LogP contribution in [0.4, 0.5) is 0 Å². The van der Waals surface area contributed by atoms with E-state index in [1.165, 1.54) is 36.1 Å². The SMILES string of the molecule is CC(=O)[O][Hg][CH]1C2c3ccccc3C(c3ccccc32)C1OC(C)=O. The first-order chi connectivity index (χ1) is 12.1. The summed E-state index contributed by atoms with van der Waals surface area (Å²) in [5.41, 5.74) is 5.08. The van der Waals surface area contributed by atoms with Crippen LogP contribution < -0.4 is 0 Å². The van der Waals surface area contributed by atoms with Crippen LogP contribution in [0.1, 0.15) is 47.9 Å². The van der Waals surface area contributed by atoms with Gasteiger partial charge in [0.2, 0.25) is 0 Å². The number of fused-ring (bicyclic) bond motifs is 1. The molecule has 0 radical (unpaired) electrons. The quantitative estimate of drug-likeness (QED) is 0.457. The molecule has 0 spiro atoms. The molecule has 124 valence electrons. The fraction of sp³-hybridized carbons (Fsp3) is 0.300. The van der Waals surface area contributed by atoms with E-state index >= 15 is 0 Å². The van der Waals surface area contributed by atoms with Gasteiger partial charge in [-0.05, 0) is 0 Å². The minimum atomic E-state index is -2.08. The van der Waals surface area contributed by atoms with E-state index in [2.05, 4.69) is 36.4 Å². The van der Waals surface area contributed by atoms with Gasteiger partial charge in [-0.25, -0.2) is 0 Å². The molecule has 4 nitrogen and oxygen atoms in total. The number of carbonyl (C=O) groups is 2. The summed E-state index contributed by atoms with van der Waals surface area (Å²) in [5, 5.41) is 0. The molecule has 0 amide bonds. The number of benzene rings is 2. The summed E-state index contributed by atoms with van der Waals surface area (Å²) in [7, 11) is 0. The van der Waals surface area contributed by atoms with Crippen molar-refractivity contribution >= 4 is 11.9 Å². The molecule has 0 saturated heterocycles. The molecule has 0 fully saturated rings. The van der Waals surface area contributed by atoms with E-state index in [1.54, 1.807) is 0 Å². The van der Waals surface area contributed by atoms with E-state index in [0.717, 1.165) is 0 Å². The molecule has 2 unspecified atom stereocenters. The van der Waals surface area contributed by atoms with Gasteiger partial charge >= 0.3 is 160 Å². The Balaban J connectivity index is 1.88. The van der Waals surface area contributed by atoms with Gasteiger partial charge in [0.05, 0.1) is 0 Å². The third-order valence-electron chi connectivity index (χ3n) is 5.29. The van der Waals surface area contributed by atoms with E-state index in [-0.39, 0.29) is 33.3 Å². The number of carbonyl (C=O) groups excluding carboxylic acids is 2. The van der Waals surface area contributed by atoms with Crippen LogP contribution in [-0.4, -0.2) is 18.0 Å². The van der Waals surface area contributed by atoms with Crippen molar-refractivity contribution < 1.29 is 42.0 Å². The van der Waals surface area contributed by atoms with Crippen LogP contribution in [0.5, 0.6) is 0 Å². The van der Waals surface area contributed by atoms with E-state index in [0.29, 0.717) is 0 Å². The van der Waals surface area contributed by atoms with Crippen LogP contribution in [0.15, 0.2) is 48.5 Å². The molecule has 2 aromatic carbocycles. The average molecular weight is 523 g/mol. The fourth-order valence-corrected chi connectivity index (χ4v) is 11.0. The molecule has 2 aromatic rings. The molecule has 0 N–H and O–H groups in total. The third-order valence-corrected chi connectivity index (χ3v) is 12.7. The van der Waals surface area contributed by atoms with E-state index in [1.807, 2.05) is 12.1 Å². The van der Waals surface area contributed by atoms with Crippen molar-refractivity contribution in [3.05, 3.63) is 70.8 Å². The van der Waals surface area contributed by atoms with E-state index in [4.69, 9.17) is 7.38 Å². The second-order valence-corrected chi connectivity index (χ2v) is 12.8. The second kappa shape index (κ2) is 6.56. The number of esters is 1. The molecule has 0 heterocycles. The van der Waals surface area contributed by atoms with Crippen molar-refractivity contribution in [2.75, 3.05) is 0 Å². The second-order valence-electron chi connectivity index (χ2n) is 6.75. The molecule has 2 atom stereocenters. The molecule has 0 aromatic heterocycles. The van der Waals surface area contributed by atoms with Gasteiger partial charge in [-0.2, -0.15) is 0 Å². The van der Waals surface area contributed by atoms with Crippen LogP contribution in [0.3, 0.4) is 0 Å². The molecule has 25 heavy (non-hydrogen) atoms. The molecule has 0 saturated carbocycles. The zero-order chi connectivity index (χ0) is 17.6. The summed E-state index contributed by atoms with van der Waals surface area (Å²) in [5.74, 6) is -0.301. The summed E-state index contributed by atoms with van der Waals surface area (Å²) < 4.78 is 11.5. The maximum atomic E-state index is 11.8. The Morgan fingerprint density at radius 1 is 0.800 bits per heavy atom. The van der Waals surface area contributed by atoms with Crippen molar-refractivity contribution in [3.8, 4) is 0 Å². The summed E-state index contributed by atoms with van der Waals surface area (Å²) in [6.45, 7) is 2.92. The van der Waals surface area contributed by atoms with Gasteiger partial charge in [-0.3, -0.25) is 0 Å². The summed E-state index contributed by atoms with van der Waals surface area (Å²) in [6, 6.07) is 16.8. The first-order valence-electron chi connectivity index (χ1n) is 8.56. The van der Waals surface area contributed by atoms with Gasteiger partial charge in [0.1, 0.15) is 0 Å². The van der Waals surface area contributed by atoms with Gasteiger partial charge in [0.25, 0.3) is 0 Å². The Hall–Kier alpha value is -1.68. The Bertz CT molecular complexity index is 800. The monoisotopic (exact) mass is 524 g/mol. The zero-order valence-electron chi connectivity index (χ0n) is 14.3. The van der Waals surface area contributed by atoms with Crippen LogP contribution in [0, 0.1) is 0 Å². The Morgan fingerprint density at radius 2 is 1.28 bits per heavy atom. The number of ether oxygens (including phenoxy) is 1. The number of rotatable bonds is 3. The normalized spacial score (nSPS) is 25.4. The fourth-order valence-electron chi connectivity index (χ4n) is 4.49. The first kappa shape index (κ1) is 16.8. The number of hydrogen-bond donors (Lipinski definition) is 0. The van der Waals surface area contributed by atoms with Gasteiger partial charge in [0.15, 0.2) is 0 Å². The predicted octanol–water partition coefficient (Wildman–Crippen LogP) is 3.56. The molecule has 5 heteroatoms. The van der Waals surface area contributed by atoms with Crippen LogP contribution >= 0.6 is 0 Å². The third kappa shape index (κ3) is 2.80. The van der Waals surface area contributed by atoms with Gasteiger partial charge in [-0.15, -0.1) is 0 Å². The van der Waals surface area contributed by atoms with Gasteiger partial charge in [-0.1, -0.05) is 0 Å². The Labute approximate surface area is 159 Å². The Morgan fingerprint density at radius 3 is 1.72 bits per heavy atom. The van der Waals surface area contributed by atoms with Crippen molar-refractivity contribution in [1.82, 2.24) is 0 Å². The molecule has 5 rings (SSSR count). The molecule has 0 aliphatic heterocycles. The molecule has 2 bridgehead atoms. The standard InChI is InChI=1S/C18H15O2.C2H4O2.Hg/c1-11(19)20-17-10-16-12-6-2-4-8-14(12)18(17)15-9-5-3-7-13(15)16;1-2(3)4;/h2-10,16-18H,1H3;1H3,(H,3,4);/q;;+1/p-1. The van der Waals surface area contributed by atoms with Crippen molar-refractivity contribution in [2.45, 2.75) is 35.2 Å². The molecular formula is C20H18HgO4. The molecule has 3 aliphatic carbocycles. The molecule has 3 aliphatic rings. The minimum absolute atomic E-state index is 0.0295. The van der Waals surface area contributed by atoms with Crippen LogP contribution in [-0.2, 0) is 42.0 Å². The van der Waals surface area contributed by atoms with Crippen molar-refractivity contribution in [2.24, 2.45) is 0 Å². The predicted molar refractivity (Wildman–Crippen MR) is 87.6 cm³/mol.